The minimum absolute atomic E-state index is 0.00277. The first-order valence-electron chi connectivity index (χ1n) is 6.48. The number of nitrogens with one attached hydrogen (secondary N) is 1. The molecule has 0 aliphatic heterocycles. The zero-order valence-corrected chi connectivity index (χ0v) is 14.0. The monoisotopic (exact) mass is 404 g/mol. The first-order valence-corrected chi connectivity index (χ1v) is 7.56. The van der Waals surface area contributed by atoms with E-state index in [1.807, 2.05) is 53.8 Å². The van der Waals surface area contributed by atoms with Crippen LogP contribution >= 0.6 is 22.6 Å². The van der Waals surface area contributed by atoms with Crippen LogP contribution in [0.1, 0.15) is 11.1 Å². The lowest BCUT2D eigenvalue weighted by Gasteiger charge is -2.05. The van der Waals surface area contributed by atoms with E-state index in [9.17, 15) is 15.2 Å². The Kier molecular flexibility index (Phi) is 5.17. The molecule has 0 aliphatic carbocycles. The van der Waals surface area contributed by atoms with Crippen molar-refractivity contribution in [1.82, 2.24) is 0 Å². The summed E-state index contributed by atoms with van der Waals surface area (Å²) in [5.41, 5.74) is 2.35. The van der Waals surface area contributed by atoms with Gasteiger partial charge in [-0.25, -0.2) is 0 Å². The third-order valence-electron chi connectivity index (χ3n) is 2.92. The Morgan fingerprint density at radius 2 is 2.09 bits per heavy atom. The fourth-order valence-electron chi connectivity index (χ4n) is 1.85. The molecule has 0 spiro atoms. The van der Waals surface area contributed by atoms with Gasteiger partial charge in [-0.1, -0.05) is 18.2 Å². The van der Waals surface area contributed by atoms with Crippen LogP contribution in [-0.2, 0) is 4.79 Å². The maximum atomic E-state index is 12.2. The van der Waals surface area contributed by atoms with Gasteiger partial charge in [0, 0.05) is 5.69 Å². The predicted molar refractivity (Wildman–Crippen MR) is 94.2 cm³/mol. The molecular formula is C17H13IN2O2. The van der Waals surface area contributed by atoms with Crippen LogP contribution in [0.25, 0.3) is 6.08 Å². The number of amides is 1. The summed E-state index contributed by atoms with van der Waals surface area (Å²) in [4.78, 5) is 12.2. The van der Waals surface area contributed by atoms with Gasteiger partial charge in [0.05, 0.1) is 3.57 Å². The number of aryl methyl sites for hydroxylation is 1. The van der Waals surface area contributed by atoms with E-state index in [1.165, 1.54) is 12.1 Å². The number of rotatable bonds is 3. The summed E-state index contributed by atoms with van der Waals surface area (Å²) in [5, 5.41) is 21.4. The molecule has 2 aromatic rings. The molecule has 0 bridgehead atoms. The lowest BCUT2D eigenvalue weighted by Crippen LogP contribution is -2.13. The number of phenols is 1. The van der Waals surface area contributed by atoms with E-state index in [0.29, 0.717) is 14.8 Å². The molecule has 0 saturated carbocycles. The Hall–Kier alpha value is -2.33. The maximum Gasteiger partial charge on any atom is 0.266 e. The SMILES string of the molecule is Cc1cccc(NC(=O)/C(C#N)=C\c2ccc(O)c(I)c2)c1. The van der Waals surface area contributed by atoms with E-state index in [0.717, 1.165) is 5.56 Å². The van der Waals surface area contributed by atoms with Crippen LogP contribution in [0.4, 0.5) is 5.69 Å². The van der Waals surface area contributed by atoms with E-state index < -0.39 is 5.91 Å². The van der Waals surface area contributed by atoms with Gasteiger partial charge in [-0.05, 0) is 71.0 Å². The van der Waals surface area contributed by atoms with Crippen molar-refractivity contribution in [1.29, 1.82) is 5.26 Å². The maximum absolute atomic E-state index is 12.2. The van der Waals surface area contributed by atoms with Crippen LogP contribution in [0.2, 0.25) is 0 Å². The van der Waals surface area contributed by atoms with Crippen molar-refractivity contribution >= 4 is 40.3 Å². The normalized spacial score (nSPS) is 10.9. The number of hydrogen-bond donors (Lipinski definition) is 2. The summed E-state index contributed by atoms with van der Waals surface area (Å²) in [6.07, 6.45) is 1.49. The number of anilines is 1. The van der Waals surface area contributed by atoms with Gasteiger partial charge < -0.3 is 10.4 Å². The number of benzene rings is 2. The van der Waals surface area contributed by atoms with Gasteiger partial charge in [-0.15, -0.1) is 0 Å². The molecule has 0 fully saturated rings. The zero-order valence-electron chi connectivity index (χ0n) is 11.8. The second-order valence-corrected chi connectivity index (χ2v) is 5.87. The van der Waals surface area contributed by atoms with E-state index in [1.54, 1.807) is 18.2 Å². The third kappa shape index (κ3) is 4.09. The molecule has 110 valence electrons. The van der Waals surface area contributed by atoms with Crippen LogP contribution in [0, 0.1) is 21.8 Å². The number of nitriles is 1. The van der Waals surface area contributed by atoms with Crippen LogP contribution < -0.4 is 5.32 Å². The van der Waals surface area contributed by atoms with Crippen LogP contribution in [-0.4, -0.2) is 11.0 Å². The van der Waals surface area contributed by atoms with E-state index in [-0.39, 0.29) is 11.3 Å². The number of carbonyl (C=O) groups excluding carboxylic acids is 1. The largest absolute Gasteiger partial charge is 0.507 e. The molecule has 0 saturated heterocycles. The molecule has 0 heterocycles. The topological polar surface area (TPSA) is 73.1 Å². The number of halogens is 1. The van der Waals surface area contributed by atoms with Crippen molar-refractivity contribution in [2.75, 3.05) is 5.32 Å². The molecule has 4 nitrogen and oxygen atoms in total. The standard InChI is InChI=1S/C17H13IN2O2/c1-11-3-2-4-14(7-11)20-17(22)13(10-19)8-12-5-6-16(21)15(18)9-12/h2-9,21H,1H3,(H,20,22)/b13-8-. The predicted octanol–water partition coefficient (Wildman–Crippen LogP) is 3.85. The first kappa shape index (κ1) is 16.0. The Morgan fingerprint density at radius 1 is 1.32 bits per heavy atom. The van der Waals surface area contributed by atoms with Gasteiger partial charge in [0.1, 0.15) is 17.4 Å². The fourth-order valence-corrected chi connectivity index (χ4v) is 2.39. The molecule has 0 unspecified atom stereocenters. The minimum Gasteiger partial charge on any atom is -0.507 e. The molecule has 0 atom stereocenters. The van der Waals surface area contributed by atoms with E-state index in [4.69, 9.17) is 0 Å². The van der Waals surface area contributed by atoms with Crippen LogP contribution in [0.15, 0.2) is 48.0 Å². The van der Waals surface area contributed by atoms with Crippen LogP contribution in [0.5, 0.6) is 5.75 Å². The molecule has 22 heavy (non-hydrogen) atoms. The average molecular weight is 404 g/mol. The van der Waals surface area contributed by atoms with Gasteiger partial charge in [-0.3, -0.25) is 4.79 Å². The molecule has 0 aliphatic rings. The molecule has 5 heteroatoms. The number of phenolic OH excluding ortho intramolecular Hbond substituents is 1. The lowest BCUT2D eigenvalue weighted by molar-refractivity contribution is -0.112. The second kappa shape index (κ2) is 7.09. The molecule has 2 rings (SSSR count). The summed E-state index contributed by atoms with van der Waals surface area (Å²) < 4.78 is 0.655. The summed E-state index contributed by atoms with van der Waals surface area (Å²) in [6, 6.07) is 14.1. The highest BCUT2D eigenvalue weighted by Crippen LogP contribution is 2.22. The van der Waals surface area contributed by atoms with Crippen molar-refractivity contribution < 1.29 is 9.90 Å². The number of nitrogens with zero attached hydrogens (tertiary/aromatic N) is 1. The van der Waals surface area contributed by atoms with Crippen molar-refractivity contribution in [2.24, 2.45) is 0 Å². The van der Waals surface area contributed by atoms with Crippen molar-refractivity contribution in [3.8, 4) is 11.8 Å². The van der Waals surface area contributed by atoms with Crippen molar-refractivity contribution in [3.63, 3.8) is 0 Å². The zero-order chi connectivity index (χ0) is 16.1. The quantitative estimate of drug-likeness (QED) is 0.464. The highest BCUT2D eigenvalue weighted by atomic mass is 127. The van der Waals surface area contributed by atoms with E-state index in [2.05, 4.69) is 5.32 Å². The van der Waals surface area contributed by atoms with Gasteiger partial charge in [0.25, 0.3) is 5.91 Å². The number of hydrogen-bond acceptors (Lipinski definition) is 3. The number of carbonyl (C=O) groups is 1. The molecule has 2 aromatic carbocycles. The summed E-state index contributed by atoms with van der Waals surface area (Å²) in [6.45, 7) is 1.93. The molecule has 0 aromatic heterocycles. The van der Waals surface area contributed by atoms with Crippen LogP contribution in [0.3, 0.4) is 0 Å². The summed E-state index contributed by atoms with van der Waals surface area (Å²) >= 11 is 1.99. The van der Waals surface area contributed by atoms with Gasteiger partial charge in [0.15, 0.2) is 0 Å². The minimum atomic E-state index is -0.462. The van der Waals surface area contributed by atoms with Gasteiger partial charge >= 0.3 is 0 Å². The lowest BCUT2D eigenvalue weighted by atomic mass is 10.1. The molecular weight excluding hydrogens is 391 g/mol. The Bertz CT molecular complexity index is 791. The Morgan fingerprint density at radius 3 is 2.73 bits per heavy atom. The third-order valence-corrected chi connectivity index (χ3v) is 3.79. The first-order chi connectivity index (χ1) is 10.5. The highest BCUT2D eigenvalue weighted by Gasteiger charge is 2.10. The molecule has 1 amide bonds. The fraction of sp³-hybridized carbons (Fsp3) is 0.0588. The average Bonchev–Trinajstić information content (AvgIpc) is 2.48. The van der Waals surface area contributed by atoms with Crippen molar-refractivity contribution in [3.05, 3.63) is 62.7 Å². The highest BCUT2D eigenvalue weighted by molar-refractivity contribution is 14.1. The smallest absolute Gasteiger partial charge is 0.266 e. The summed E-state index contributed by atoms with van der Waals surface area (Å²) in [5.74, 6) is -0.295. The molecule has 0 radical (unpaired) electrons. The van der Waals surface area contributed by atoms with Gasteiger partial charge in [-0.2, -0.15) is 5.26 Å². The Labute approximate surface area is 142 Å². The summed E-state index contributed by atoms with van der Waals surface area (Å²) in [7, 11) is 0. The number of aromatic hydroxyl groups is 1. The van der Waals surface area contributed by atoms with E-state index >= 15 is 0 Å². The second-order valence-electron chi connectivity index (χ2n) is 4.70. The van der Waals surface area contributed by atoms with Crippen molar-refractivity contribution in [2.45, 2.75) is 6.92 Å². The van der Waals surface area contributed by atoms with Gasteiger partial charge in [0.2, 0.25) is 0 Å². The Balaban J connectivity index is 2.23. The molecule has 2 N–H and O–H groups in total.